The minimum Gasteiger partial charge on any atom is -0.324 e. The topological polar surface area (TPSA) is 35.2 Å². The Hall–Kier alpha value is -1.07. The van der Waals surface area contributed by atoms with Crippen molar-refractivity contribution < 1.29 is 17.9 Å². The highest BCUT2D eigenvalue weighted by molar-refractivity contribution is 5.35. The average Bonchev–Trinajstić information content (AvgIpc) is 2.26. The second kappa shape index (κ2) is 4.66. The molecular formula is C12H14F3NO. The van der Waals surface area contributed by atoms with Crippen molar-refractivity contribution >= 4 is 0 Å². The molecule has 5 heteroatoms. The lowest BCUT2D eigenvalue weighted by atomic mass is 9.87. The average molecular weight is 245 g/mol. The van der Waals surface area contributed by atoms with E-state index in [-0.39, 0.29) is 6.04 Å². The van der Waals surface area contributed by atoms with Crippen LogP contribution in [0.15, 0.2) is 18.2 Å². The minimum absolute atomic E-state index is 0.0105. The van der Waals surface area contributed by atoms with Gasteiger partial charge in [-0.15, -0.1) is 13.2 Å². The van der Waals surface area contributed by atoms with Crippen LogP contribution in [0.5, 0.6) is 0 Å². The molecule has 2 rings (SSSR count). The highest BCUT2D eigenvalue weighted by Gasteiger charge is 2.29. The van der Waals surface area contributed by atoms with E-state index in [1.165, 1.54) is 0 Å². The maximum absolute atomic E-state index is 11.9. The van der Waals surface area contributed by atoms with E-state index in [1.54, 1.807) is 12.1 Å². The molecule has 0 radical (unpaired) electrons. The van der Waals surface area contributed by atoms with Crippen LogP contribution in [0.25, 0.3) is 0 Å². The molecule has 0 fully saturated rings. The fourth-order valence-electron chi connectivity index (χ4n) is 2.16. The molecule has 1 aromatic carbocycles. The summed E-state index contributed by atoms with van der Waals surface area (Å²) >= 11 is 0. The van der Waals surface area contributed by atoms with Crippen LogP contribution in [0, 0.1) is 0 Å². The normalized spacial score (nSPS) is 20.1. The molecule has 1 aliphatic rings. The molecule has 0 aromatic heterocycles. The van der Waals surface area contributed by atoms with E-state index in [1.807, 2.05) is 6.07 Å². The zero-order valence-electron chi connectivity index (χ0n) is 9.26. The van der Waals surface area contributed by atoms with Gasteiger partial charge >= 0.3 is 6.36 Å². The third kappa shape index (κ3) is 3.20. The summed E-state index contributed by atoms with van der Waals surface area (Å²) < 4.78 is 39.5. The number of ether oxygens (including phenoxy) is 1. The number of rotatable bonds is 2. The van der Waals surface area contributed by atoms with E-state index in [4.69, 9.17) is 5.73 Å². The van der Waals surface area contributed by atoms with Crippen LogP contribution in [0.4, 0.5) is 13.2 Å². The number of halogens is 3. The van der Waals surface area contributed by atoms with Gasteiger partial charge in [0.15, 0.2) is 0 Å². The maximum Gasteiger partial charge on any atom is 0.522 e. The van der Waals surface area contributed by atoms with Crippen molar-refractivity contribution in [3.05, 3.63) is 34.9 Å². The second-order valence-corrected chi connectivity index (χ2v) is 4.27. The summed E-state index contributed by atoms with van der Waals surface area (Å²) in [6.07, 6.45) is -1.78. The molecule has 2 N–H and O–H groups in total. The Balaban J connectivity index is 2.11. The van der Waals surface area contributed by atoms with Gasteiger partial charge in [-0.1, -0.05) is 18.2 Å². The van der Waals surface area contributed by atoms with Gasteiger partial charge < -0.3 is 5.73 Å². The van der Waals surface area contributed by atoms with Gasteiger partial charge in [-0.05, 0) is 36.0 Å². The Bertz CT molecular complexity index is 403. The van der Waals surface area contributed by atoms with Crippen molar-refractivity contribution in [1.29, 1.82) is 0 Å². The predicted molar refractivity (Wildman–Crippen MR) is 57.2 cm³/mol. The zero-order valence-corrected chi connectivity index (χ0v) is 9.26. The molecule has 0 aliphatic heterocycles. The fourth-order valence-corrected chi connectivity index (χ4v) is 2.16. The summed E-state index contributed by atoms with van der Waals surface area (Å²) in [7, 11) is 0. The van der Waals surface area contributed by atoms with Gasteiger partial charge in [0, 0.05) is 6.04 Å². The molecule has 0 saturated carbocycles. The van der Waals surface area contributed by atoms with Crippen molar-refractivity contribution in [3.8, 4) is 0 Å². The summed E-state index contributed by atoms with van der Waals surface area (Å²) in [4.78, 5) is 0. The van der Waals surface area contributed by atoms with Gasteiger partial charge in [0.25, 0.3) is 0 Å². The Morgan fingerprint density at radius 1 is 1.35 bits per heavy atom. The van der Waals surface area contributed by atoms with Crippen molar-refractivity contribution in [3.63, 3.8) is 0 Å². The lowest BCUT2D eigenvalue weighted by molar-refractivity contribution is -0.330. The Labute approximate surface area is 97.6 Å². The van der Waals surface area contributed by atoms with E-state index >= 15 is 0 Å². The molecule has 0 amide bonds. The lowest BCUT2D eigenvalue weighted by Crippen LogP contribution is -2.18. The molecule has 0 heterocycles. The maximum atomic E-state index is 11.9. The molecule has 17 heavy (non-hydrogen) atoms. The van der Waals surface area contributed by atoms with Crippen molar-refractivity contribution in [2.24, 2.45) is 5.73 Å². The number of hydrogen-bond donors (Lipinski definition) is 1. The minimum atomic E-state index is -4.58. The van der Waals surface area contributed by atoms with E-state index in [0.717, 1.165) is 30.4 Å². The molecule has 2 nitrogen and oxygen atoms in total. The van der Waals surface area contributed by atoms with Crippen LogP contribution in [0.3, 0.4) is 0 Å². The van der Waals surface area contributed by atoms with E-state index < -0.39 is 13.0 Å². The number of fused-ring (bicyclic) bond motifs is 1. The third-order valence-electron chi connectivity index (χ3n) is 2.97. The van der Waals surface area contributed by atoms with E-state index in [0.29, 0.717) is 5.56 Å². The SMILES string of the molecule is NC1CCCc2cc(COC(F)(F)F)ccc21. The van der Waals surface area contributed by atoms with Crippen LogP contribution in [-0.2, 0) is 17.8 Å². The number of aryl methyl sites for hydroxylation is 1. The second-order valence-electron chi connectivity index (χ2n) is 4.27. The number of alkyl halides is 3. The zero-order chi connectivity index (χ0) is 12.5. The molecule has 0 spiro atoms. The standard InChI is InChI=1S/C12H14F3NO/c13-12(14,15)17-7-8-4-5-10-9(6-8)2-1-3-11(10)16/h4-6,11H,1-3,7,16H2. The summed E-state index contributed by atoms with van der Waals surface area (Å²) in [6, 6.07) is 5.24. The molecule has 1 unspecified atom stereocenters. The largest absolute Gasteiger partial charge is 0.522 e. The summed E-state index contributed by atoms with van der Waals surface area (Å²) in [5.41, 5.74) is 8.56. The van der Waals surface area contributed by atoms with E-state index in [2.05, 4.69) is 4.74 Å². The summed E-state index contributed by atoms with van der Waals surface area (Å²) in [6.45, 7) is -0.438. The first-order valence-corrected chi connectivity index (χ1v) is 5.54. The Morgan fingerprint density at radius 3 is 2.82 bits per heavy atom. The highest BCUT2D eigenvalue weighted by Crippen LogP contribution is 2.29. The molecular weight excluding hydrogens is 231 g/mol. The lowest BCUT2D eigenvalue weighted by Gasteiger charge is -2.22. The number of benzene rings is 1. The van der Waals surface area contributed by atoms with Crippen LogP contribution in [0.2, 0.25) is 0 Å². The molecule has 1 aromatic rings. The predicted octanol–water partition coefficient (Wildman–Crippen LogP) is 3.06. The van der Waals surface area contributed by atoms with Crippen LogP contribution in [-0.4, -0.2) is 6.36 Å². The first-order valence-electron chi connectivity index (χ1n) is 5.54. The molecule has 1 atom stereocenters. The van der Waals surface area contributed by atoms with Crippen molar-refractivity contribution in [2.45, 2.75) is 38.3 Å². The van der Waals surface area contributed by atoms with Crippen molar-refractivity contribution in [2.75, 3.05) is 0 Å². The van der Waals surface area contributed by atoms with Crippen LogP contribution < -0.4 is 5.73 Å². The fraction of sp³-hybridized carbons (Fsp3) is 0.500. The smallest absolute Gasteiger partial charge is 0.324 e. The first kappa shape index (κ1) is 12.4. The first-order chi connectivity index (χ1) is 7.96. The molecule has 0 bridgehead atoms. The molecule has 1 aliphatic carbocycles. The van der Waals surface area contributed by atoms with Crippen LogP contribution >= 0.6 is 0 Å². The van der Waals surface area contributed by atoms with Gasteiger partial charge in [0.2, 0.25) is 0 Å². The van der Waals surface area contributed by atoms with Gasteiger partial charge in [-0.2, -0.15) is 0 Å². The quantitative estimate of drug-likeness (QED) is 0.869. The summed E-state index contributed by atoms with van der Waals surface area (Å²) in [5, 5.41) is 0. The van der Waals surface area contributed by atoms with E-state index in [9.17, 15) is 13.2 Å². The third-order valence-corrected chi connectivity index (χ3v) is 2.97. The Kier molecular flexibility index (Phi) is 3.40. The Morgan fingerprint density at radius 2 is 2.12 bits per heavy atom. The number of nitrogens with two attached hydrogens (primary N) is 1. The van der Waals surface area contributed by atoms with Gasteiger partial charge in [0.1, 0.15) is 0 Å². The van der Waals surface area contributed by atoms with Gasteiger partial charge in [0.05, 0.1) is 6.61 Å². The van der Waals surface area contributed by atoms with Gasteiger partial charge in [-0.25, -0.2) is 0 Å². The highest BCUT2D eigenvalue weighted by atomic mass is 19.4. The molecule has 94 valence electrons. The van der Waals surface area contributed by atoms with Crippen molar-refractivity contribution in [1.82, 2.24) is 0 Å². The number of hydrogen-bond acceptors (Lipinski definition) is 2. The van der Waals surface area contributed by atoms with Crippen LogP contribution in [0.1, 0.15) is 35.6 Å². The monoisotopic (exact) mass is 245 g/mol. The molecule has 0 saturated heterocycles. The summed E-state index contributed by atoms with van der Waals surface area (Å²) in [5.74, 6) is 0. The van der Waals surface area contributed by atoms with Gasteiger partial charge in [-0.3, -0.25) is 4.74 Å².